The van der Waals surface area contributed by atoms with Crippen molar-refractivity contribution < 1.29 is 9.15 Å². The molecule has 5 heteroatoms. The molecule has 0 amide bonds. The minimum Gasteiger partial charge on any atom is -0.497 e. The van der Waals surface area contributed by atoms with E-state index in [2.05, 4.69) is 10.2 Å². The molecule has 0 aliphatic rings. The van der Waals surface area contributed by atoms with Gasteiger partial charge in [0, 0.05) is 12.0 Å². The van der Waals surface area contributed by atoms with Crippen LogP contribution in [0.1, 0.15) is 12.7 Å². The second-order valence-corrected chi connectivity index (χ2v) is 4.70. The van der Waals surface area contributed by atoms with Crippen molar-refractivity contribution in [3.05, 3.63) is 42.4 Å². The summed E-state index contributed by atoms with van der Waals surface area (Å²) in [5.41, 5.74) is 9.72. The Kier molecular flexibility index (Phi) is 3.39. The lowest BCUT2D eigenvalue weighted by Gasteiger charge is -2.06. The predicted octanol–water partition coefficient (Wildman–Crippen LogP) is 3.49. The fourth-order valence-corrected chi connectivity index (χ4v) is 2.46. The lowest BCUT2D eigenvalue weighted by molar-refractivity contribution is 0.415. The number of aromatic nitrogens is 2. The quantitative estimate of drug-likeness (QED) is 0.768. The van der Waals surface area contributed by atoms with E-state index in [4.69, 9.17) is 14.9 Å². The molecule has 3 N–H and O–H groups in total. The Morgan fingerprint density at radius 1 is 1.33 bits per heavy atom. The highest BCUT2D eigenvalue weighted by atomic mass is 16.5. The van der Waals surface area contributed by atoms with Crippen LogP contribution in [-0.4, -0.2) is 17.3 Å². The Balaban J connectivity index is 2.17. The average molecular weight is 283 g/mol. The SMILES string of the molecule is CCc1occc1-c1[nH]nc(N)c1-c1cccc(OC)c1. The summed E-state index contributed by atoms with van der Waals surface area (Å²) < 4.78 is 10.8. The van der Waals surface area contributed by atoms with E-state index in [0.717, 1.165) is 40.3 Å². The number of nitrogens with two attached hydrogens (primary N) is 1. The van der Waals surface area contributed by atoms with E-state index in [1.807, 2.05) is 37.3 Å². The van der Waals surface area contributed by atoms with Gasteiger partial charge in [0.1, 0.15) is 11.5 Å². The fourth-order valence-electron chi connectivity index (χ4n) is 2.46. The number of H-pyrrole nitrogens is 1. The maximum Gasteiger partial charge on any atom is 0.153 e. The predicted molar refractivity (Wildman–Crippen MR) is 82.1 cm³/mol. The molecule has 21 heavy (non-hydrogen) atoms. The van der Waals surface area contributed by atoms with E-state index < -0.39 is 0 Å². The standard InChI is InChI=1S/C16H17N3O2/c1-3-13-12(7-8-21-13)15-14(16(17)19-18-15)10-5-4-6-11(9-10)20-2/h4-9H,3H2,1-2H3,(H3,17,18,19). The van der Waals surface area contributed by atoms with E-state index >= 15 is 0 Å². The van der Waals surface area contributed by atoms with Gasteiger partial charge in [-0.05, 0) is 23.8 Å². The van der Waals surface area contributed by atoms with Crippen molar-refractivity contribution >= 4 is 5.82 Å². The highest BCUT2D eigenvalue weighted by Crippen LogP contribution is 2.37. The molecule has 5 nitrogen and oxygen atoms in total. The van der Waals surface area contributed by atoms with Crippen LogP contribution in [0.2, 0.25) is 0 Å². The molecule has 2 aromatic heterocycles. The zero-order valence-electron chi connectivity index (χ0n) is 12.0. The highest BCUT2D eigenvalue weighted by Gasteiger charge is 2.18. The van der Waals surface area contributed by atoms with Gasteiger partial charge < -0.3 is 14.9 Å². The number of ether oxygens (including phenoxy) is 1. The molecule has 0 saturated carbocycles. The van der Waals surface area contributed by atoms with Crippen LogP contribution in [-0.2, 0) is 6.42 Å². The summed E-state index contributed by atoms with van der Waals surface area (Å²) in [4.78, 5) is 0. The van der Waals surface area contributed by atoms with Gasteiger partial charge in [-0.2, -0.15) is 5.10 Å². The van der Waals surface area contributed by atoms with Gasteiger partial charge in [0.15, 0.2) is 5.82 Å². The van der Waals surface area contributed by atoms with Crippen LogP contribution >= 0.6 is 0 Å². The van der Waals surface area contributed by atoms with Crippen LogP contribution in [0, 0.1) is 0 Å². The lowest BCUT2D eigenvalue weighted by Crippen LogP contribution is -1.90. The van der Waals surface area contributed by atoms with Gasteiger partial charge in [-0.3, -0.25) is 5.10 Å². The summed E-state index contributed by atoms with van der Waals surface area (Å²) in [6.07, 6.45) is 2.49. The average Bonchev–Trinajstić information content (AvgIpc) is 3.13. The Morgan fingerprint density at radius 3 is 2.95 bits per heavy atom. The largest absolute Gasteiger partial charge is 0.497 e. The van der Waals surface area contributed by atoms with Gasteiger partial charge in [0.05, 0.1) is 24.6 Å². The molecule has 0 radical (unpaired) electrons. The molecule has 3 aromatic rings. The minimum atomic E-state index is 0.460. The van der Waals surface area contributed by atoms with Crippen molar-refractivity contribution in [2.24, 2.45) is 0 Å². The molecule has 0 unspecified atom stereocenters. The van der Waals surface area contributed by atoms with Crippen LogP contribution in [0.15, 0.2) is 41.0 Å². The lowest BCUT2D eigenvalue weighted by atomic mass is 10.0. The molecule has 0 spiro atoms. The number of nitrogens with one attached hydrogen (secondary N) is 1. The van der Waals surface area contributed by atoms with Crippen molar-refractivity contribution in [2.45, 2.75) is 13.3 Å². The first-order valence-corrected chi connectivity index (χ1v) is 6.79. The number of anilines is 1. The molecule has 0 aliphatic carbocycles. The maximum atomic E-state index is 6.05. The smallest absolute Gasteiger partial charge is 0.153 e. The van der Waals surface area contributed by atoms with Gasteiger partial charge in [-0.15, -0.1) is 0 Å². The first-order valence-electron chi connectivity index (χ1n) is 6.79. The van der Waals surface area contributed by atoms with Crippen molar-refractivity contribution in [1.82, 2.24) is 10.2 Å². The van der Waals surface area contributed by atoms with Crippen molar-refractivity contribution in [2.75, 3.05) is 12.8 Å². The zero-order chi connectivity index (χ0) is 14.8. The summed E-state index contributed by atoms with van der Waals surface area (Å²) in [6, 6.07) is 9.68. The topological polar surface area (TPSA) is 77.1 Å². The molecular formula is C16H17N3O2. The van der Waals surface area contributed by atoms with Gasteiger partial charge >= 0.3 is 0 Å². The Bertz CT molecular complexity index is 758. The summed E-state index contributed by atoms with van der Waals surface area (Å²) >= 11 is 0. The second-order valence-electron chi connectivity index (χ2n) is 4.70. The monoisotopic (exact) mass is 283 g/mol. The molecule has 1 aromatic carbocycles. The Hall–Kier alpha value is -2.69. The highest BCUT2D eigenvalue weighted by molar-refractivity contribution is 5.88. The number of nitrogen functional groups attached to an aromatic ring is 1. The number of benzene rings is 1. The number of rotatable bonds is 4. The Morgan fingerprint density at radius 2 is 2.19 bits per heavy atom. The third-order valence-electron chi connectivity index (χ3n) is 3.49. The number of hydrogen-bond donors (Lipinski definition) is 2. The van der Waals surface area contributed by atoms with Gasteiger partial charge in [-0.25, -0.2) is 0 Å². The molecule has 0 aliphatic heterocycles. The van der Waals surface area contributed by atoms with Crippen LogP contribution in [0.4, 0.5) is 5.82 Å². The molecule has 0 bridgehead atoms. The van der Waals surface area contributed by atoms with Crippen molar-refractivity contribution in [3.63, 3.8) is 0 Å². The summed E-state index contributed by atoms with van der Waals surface area (Å²) in [6.45, 7) is 2.05. The van der Waals surface area contributed by atoms with E-state index in [1.165, 1.54) is 0 Å². The molecule has 0 saturated heterocycles. The maximum absolute atomic E-state index is 6.05. The number of furan rings is 1. The van der Waals surface area contributed by atoms with Gasteiger partial charge in [0.2, 0.25) is 0 Å². The number of aryl methyl sites for hydroxylation is 1. The molecule has 0 atom stereocenters. The fraction of sp³-hybridized carbons (Fsp3) is 0.188. The molecule has 108 valence electrons. The van der Waals surface area contributed by atoms with Crippen LogP contribution in [0.25, 0.3) is 22.4 Å². The first-order chi connectivity index (χ1) is 10.2. The van der Waals surface area contributed by atoms with Crippen molar-refractivity contribution in [3.8, 4) is 28.1 Å². The molecule has 3 rings (SSSR count). The zero-order valence-corrected chi connectivity index (χ0v) is 12.0. The van der Waals surface area contributed by atoms with Crippen LogP contribution in [0.3, 0.4) is 0 Å². The third kappa shape index (κ3) is 2.27. The van der Waals surface area contributed by atoms with E-state index in [0.29, 0.717) is 5.82 Å². The summed E-state index contributed by atoms with van der Waals surface area (Å²) in [7, 11) is 1.64. The number of methoxy groups -OCH3 is 1. The molecule has 2 heterocycles. The minimum absolute atomic E-state index is 0.460. The van der Waals surface area contributed by atoms with E-state index in [1.54, 1.807) is 13.4 Å². The number of nitrogens with zero attached hydrogens (tertiary/aromatic N) is 1. The van der Waals surface area contributed by atoms with Gasteiger partial charge in [0.25, 0.3) is 0 Å². The molecule has 0 fully saturated rings. The summed E-state index contributed by atoms with van der Waals surface area (Å²) in [5.74, 6) is 2.14. The van der Waals surface area contributed by atoms with E-state index in [-0.39, 0.29) is 0 Å². The normalized spacial score (nSPS) is 10.8. The molecular weight excluding hydrogens is 266 g/mol. The van der Waals surface area contributed by atoms with Crippen LogP contribution < -0.4 is 10.5 Å². The second kappa shape index (κ2) is 5.36. The Labute approximate surface area is 122 Å². The number of hydrogen-bond acceptors (Lipinski definition) is 4. The summed E-state index contributed by atoms with van der Waals surface area (Å²) in [5, 5.41) is 7.16. The van der Waals surface area contributed by atoms with Crippen LogP contribution in [0.5, 0.6) is 5.75 Å². The first kappa shape index (κ1) is 13.3. The van der Waals surface area contributed by atoms with Gasteiger partial charge in [-0.1, -0.05) is 19.1 Å². The van der Waals surface area contributed by atoms with Crippen molar-refractivity contribution in [1.29, 1.82) is 0 Å². The number of aromatic amines is 1. The third-order valence-corrected chi connectivity index (χ3v) is 3.49. The van der Waals surface area contributed by atoms with E-state index in [9.17, 15) is 0 Å².